The van der Waals surface area contributed by atoms with Gasteiger partial charge in [0.1, 0.15) is 0 Å². The average molecular weight is 253 g/mol. The van der Waals surface area contributed by atoms with Crippen LogP contribution in [0.4, 0.5) is 0 Å². The molecule has 0 heterocycles. The highest BCUT2D eigenvalue weighted by Gasteiger charge is 2.11. The number of amides is 1. The number of rotatable bonds is 5. The van der Waals surface area contributed by atoms with Crippen molar-refractivity contribution in [2.24, 2.45) is 0 Å². The molecule has 102 valence electrons. The first-order chi connectivity index (χ1) is 8.08. The maximum atomic E-state index is 11.8. The Morgan fingerprint density at radius 1 is 1.33 bits per heavy atom. The Balaban J connectivity index is 0.00000289. The molecule has 1 aromatic carbocycles. The Labute approximate surface area is 109 Å². The van der Waals surface area contributed by atoms with Crippen molar-refractivity contribution >= 4 is 5.91 Å². The van der Waals surface area contributed by atoms with Gasteiger partial charge in [0.25, 0.3) is 5.91 Å². The summed E-state index contributed by atoms with van der Waals surface area (Å²) in [6.45, 7) is 6.27. The molecule has 0 saturated heterocycles. The van der Waals surface area contributed by atoms with E-state index in [0.717, 1.165) is 0 Å². The zero-order valence-corrected chi connectivity index (χ0v) is 10.7. The zero-order valence-electron chi connectivity index (χ0n) is 10.7. The Morgan fingerprint density at radius 3 is 2.50 bits per heavy atom. The molecule has 4 nitrogen and oxygen atoms in total. The van der Waals surface area contributed by atoms with Crippen molar-refractivity contribution in [2.45, 2.75) is 34.2 Å². The molecule has 0 aliphatic heterocycles. The van der Waals surface area contributed by atoms with E-state index in [1.807, 2.05) is 20.8 Å². The number of hydrogen-bond donors (Lipinski definition) is 1. The standard InChI is InChI=1S/C13H19NO3.CH4/c1-5-17-12-8-10(6-7-11(12)16-4)13(15)14-9(2)3;/h6-9H,5H2,1-4H3,(H,14,15);1H4. The number of carbonyl (C=O) groups is 1. The van der Waals surface area contributed by atoms with Crippen molar-refractivity contribution in [1.82, 2.24) is 5.32 Å². The van der Waals surface area contributed by atoms with Crippen LogP contribution in [0, 0.1) is 0 Å². The Hall–Kier alpha value is -1.71. The molecule has 0 atom stereocenters. The first kappa shape index (κ1) is 16.3. The van der Waals surface area contributed by atoms with Crippen LogP contribution in [0.3, 0.4) is 0 Å². The summed E-state index contributed by atoms with van der Waals surface area (Å²) in [5, 5.41) is 2.83. The van der Waals surface area contributed by atoms with Crippen LogP contribution in [0.15, 0.2) is 18.2 Å². The maximum absolute atomic E-state index is 11.8. The minimum atomic E-state index is -0.108. The summed E-state index contributed by atoms with van der Waals surface area (Å²) >= 11 is 0. The van der Waals surface area contributed by atoms with Gasteiger partial charge in [0.15, 0.2) is 11.5 Å². The minimum Gasteiger partial charge on any atom is -0.493 e. The number of nitrogens with one attached hydrogen (secondary N) is 1. The van der Waals surface area contributed by atoms with E-state index in [2.05, 4.69) is 5.32 Å². The Kier molecular flexibility index (Phi) is 6.86. The average Bonchev–Trinajstić information content (AvgIpc) is 2.28. The van der Waals surface area contributed by atoms with Gasteiger partial charge < -0.3 is 14.8 Å². The van der Waals surface area contributed by atoms with Crippen LogP contribution in [0.2, 0.25) is 0 Å². The molecule has 1 rings (SSSR count). The van der Waals surface area contributed by atoms with Gasteiger partial charge in [0.2, 0.25) is 0 Å². The molecule has 0 aliphatic rings. The van der Waals surface area contributed by atoms with Gasteiger partial charge in [0.05, 0.1) is 13.7 Å². The van der Waals surface area contributed by atoms with E-state index in [-0.39, 0.29) is 19.4 Å². The van der Waals surface area contributed by atoms with E-state index in [1.54, 1.807) is 25.3 Å². The van der Waals surface area contributed by atoms with E-state index >= 15 is 0 Å². The third kappa shape index (κ3) is 4.28. The predicted octanol–water partition coefficient (Wildman–Crippen LogP) is 2.87. The zero-order chi connectivity index (χ0) is 12.8. The second-order valence-electron chi connectivity index (χ2n) is 3.93. The molecule has 18 heavy (non-hydrogen) atoms. The molecule has 0 fully saturated rings. The van der Waals surface area contributed by atoms with Crippen LogP contribution >= 0.6 is 0 Å². The van der Waals surface area contributed by atoms with Crippen LogP contribution in [0.1, 0.15) is 38.6 Å². The van der Waals surface area contributed by atoms with E-state index < -0.39 is 0 Å². The highest BCUT2D eigenvalue weighted by molar-refractivity contribution is 5.95. The highest BCUT2D eigenvalue weighted by atomic mass is 16.5. The number of carbonyl (C=O) groups excluding carboxylic acids is 1. The first-order valence-corrected chi connectivity index (χ1v) is 5.70. The van der Waals surface area contributed by atoms with Crippen molar-refractivity contribution in [3.8, 4) is 11.5 Å². The van der Waals surface area contributed by atoms with E-state index in [9.17, 15) is 4.79 Å². The van der Waals surface area contributed by atoms with Gasteiger partial charge in [-0.1, -0.05) is 7.43 Å². The minimum absolute atomic E-state index is 0. The smallest absolute Gasteiger partial charge is 0.251 e. The number of hydrogen-bond acceptors (Lipinski definition) is 3. The monoisotopic (exact) mass is 253 g/mol. The largest absolute Gasteiger partial charge is 0.493 e. The molecule has 1 N–H and O–H groups in total. The van der Waals surface area contributed by atoms with Gasteiger partial charge in [-0.3, -0.25) is 4.79 Å². The number of benzene rings is 1. The molecule has 1 amide bonds. The Bertz CT molecular complexity index is 389. The lowest BCUT2D eigenvalue weighted by Gasteiger charge is -2.12. The first-order valence-electron chi connectivity index (χ1n) is 5.70. The fourth-order valence-corrected chi connectivity index (χ4v) is 1.43. The van der Waals surface area contributed by atoms with Crippen LogP contribution in [0.25, 0.3) is 0 Å². The van der Waals surface area contributed by atoms with Crippen molar-refractivity contribution in [3.05, 3.63) is 23.8 Å². The third-order valence-electron chi connectivity index (χ3n) is 2.15. The fraction of sp³-hybridized carbons (Fsp3) is 0.500. The predicted molar refractivity (Wildman–Crippen MR) is 73.5 cm³/mol. The normalized spacial score (nSPS) is 9.61. The topological polar surface area (TPSA) is 47.6 Å². The summed E-state index contributed by atoms with van der Waals surface area (Å²) in [7, 11) is 1.58. The van der Waals surface area contributed by atoms with Crippen LogP contribution < -0.4 is 14.8 Å². The molecule has 0 spiro atoms. The number of ether oxygens (including phenoxy) is 2. The summed E-state index contributed by atoms with van der Waals surface area (Å²) in [5.74, 6) is 1.11. The Morgan fingerprint density at radius 2 is 2.00 bits per heavy atom. The molecular weight excluding hydrogens is 230 g/mol. The molecule has 4 heteroatoms. The second kappa shape index (κ2) is 7.58. The summed E-state index contributed by atoms with van der Waals surface area (Å²) in [6, 6.07) is 5.26. The molecule has 0 bridgehead atoms. The lowest BCUT2D eigenvalue weighted by molar-refractivity contribution is 0.0942. The lowest BCUT2D eigenvalue weighted by Crippen LogP contribution is -2.30. The highest BCUT2D eigenvalue weighted by Crippen LogP contribution is 2.27. The quantitative estimate of drug-likeness (QED) is 0.877. The third-order valence-corrected chi connectivity index (χ3v) is 2.15. The maximum Gasteiger partial charge on any atom is 0.251 e. The molecule has 1 aromatic rings. The van der Waals surface area contributed by atoms with Crippen molar-refractivity contribution in [1.29, 1.82) is 0 Å². The van der Waals surface area contributed by atoms with E-state index in [0.29, 0.717) is 23.7 Å². The molecule has 0 aromatic heterocycles. The van der Waals surface area contributed by atoms with Gasteiger partial charge in [-0.05, 0) is 39.0 Å². The molecular formula is C14H23NO3. The van der Waals surface area contributed by atoms with Crippen molar-refractivity contribution < 1.29 is 14.3 Å². The lowest BCUT2D eigenvalue weighted by atomic mass is 10.2. The molecule has 0 radical (unpaired) electrons. The van der Waals surface area contributed by atoms with Crippen LogP contribution in [-0.4, -0.2) is 25.7 Å². The summed E-state index contributed by atoms with van der Waals surface area (Å²) in [5.41, 5.74) is 0.572. The van der Waals surface area contributed by atoms with E-state index in [4.69, 9.17) is 9.47 Å². The molecule has 0 unspecified atom stereocenters. The summed E-state index contributed by atoms with van der Waals surface area (Å²) < 4.78 is 10.6. The number of methoxy groups -OCH3 is 1. The fourth-order valence-electron chi connectivity index (χ4n) is 1.43. The van der Waals surface area contributed by atoms with E-state index in [1.165, 1.54) is 0 Å². The summed E-state index contributed by atoms with van der Waals surface area (Å²) in [6.07, 6.45) is 0. The second-order valence-corrected chi connectivity index (χ2v) is 3.93. The molecule has 0 aliphatic carbocycles. The van der Waals surface area contributed by atoms with Gasteiger partial charge in [-0.2, -0.15) is 0 Å². The van der Waals surface area contributed by atoms with Gasteiger partial charge in [-0.25, -0.2) is 0 Å². The van der Waals surface area contributed by atoms with Gasteiger partial charge in [0, 0.05) is 11.6 Å². The summed E-state index contributed by atoms with van der Waals surface area (Å²) in [4.78, 5) is 11.8. The van der Waals surface area contributed by atoms with Crippen molar-refractivity contribution in [2.75, 3.05) is 13.7 Å². The van der Waals surface area contributed by atoms with Crippen LogP contribution in [0.5, 0.6) is 11.5 Å². The van der Waals surface area contributed by atoms with Gasteiger partial charge >= 0.3 is 0 Å². The van der Waals surface area contributed by atoms with Crippen LogP contribution in [-0.2, 0) is 0 Å². The van der Waals surface area contributed by atoms with Crippen molar-refractivity contribution in [3.63, 3.8) is 0 Å². The molecule has 0 saturated carbocycles. The van der Waals surface area contributed by atoms with Gasteiger partial charge in [-0.15, -0.1) is 0 Å². The SMILES string of the molecule is C.CCOc1cc(C(=O)NC(C)C)ccc1OC.